The van der Waals surface area contributed by atoms with E-state index in [1.807, 2.05) is 6.20 Å². The number of benzene rings is 1. The van der Waals surface area contributed by atoms with Crippen molar-refractivity contribution < 1.29 is 0 Å². The van der Waals surface area contributed by atoms with Crippen molar-refractivity contribution in [3.8, 4) is 10.6 Å². The summed E-state index contributed by atoms with van der Waals surface area (Å²) in [6, 6.07) is 9.32. The summed E-state index contributed by atoms with van der Waals surface area (Å²) in [7, 11) is 4.12. The van der Waals surface area contributed by atoms with E-state index in [-0.39, 0.29) is 0 Å². The summed E-state index contributed by atoms with van der Waals surface area (Å²) in [5.74, 6) is 0. The Balaban J connectivity index is 1.63. The summed E-state index contributed by atoms with van der Waals surface area (Å²) in [6.07, 6.45) is 7.44. The standard InChI is InChI=1S/C17H23N3S/c1-20(2)15-9-7-13(8-10-15)17-19-12-16(21-17)11-18-14-5-3-4-6-14/h7-10,12,14,18H,3-6,11H2,1-2H3. The Labute approximate surface area is 131 Å². The zero-order chi connectivity index (χ0) is 14.7. The zero-order valence-corrected chi connectivity index (χ0v) is 13.6. The molecule has 21 heavy (non-hydrogen) atoms. The van der Waals surface area contributed by atoms with E-state index in [0.29, 0.717) is 0 Å². The lowest BCUT2D eigenvalue weighted by Gasteiger charge is -2.12. The Kier molecular flexibility index (Phi) is 4.56. The van der Waals surface area contributed by atoms with Gasteiger partial charge in [-0.2, -0.15) is 0 Å². The first-order chi connectivity index (χ1) is 10.2. The molecule has 0 unspecified atom stereocenters. The maximum atomic E-state index is 4.57. The van der Waals surface area contributed by atoms with E-state index >= 15 is 0 Å². The summed E-state index contributed by atoms with van der Waals surface area (Å²) in [5.41, 5.74) is 2.43. The number of nitrogens with zero attached hydrogens (tertiary/aromatic N) is 2. The monoisotopic (exact) mass is 301 g/mol. The second-order valence-electron chi connectivity index (χ2n) is 5.94. The second-order valence-corrected chi connectivity index (χ2v) is 7.05. The topological polar surface area (TPSA) is 28.2 Å². The first-order valence-corrected chi connectivity index (χ1v) is 8.50. The number of rotatable bonds is 5. The van der Waals surface area contributed by atoms with Gasteiger partial charge in [0, 0.05) is 49.0 Å². The smallest absolute Gasteiger partial charge is 0.123 e. The molecule has 0 amide bonds. The maximum Gasteiger partial charge on any atom is 0.123 e. The van der Waals surface area contributed by atoms with Crippen LogP contribution >= 0.6 is 11.3 Å². The van der Waals surface area contributed by atoms with Crippen molar-refractivity contribution in [2.24, 2.45) is 0 Å². The fourth-order valence-corrected chi connectivity index (χ4v) is 3.67. The predicted octanol–water partition coefficient (Wildman–Crippen LogP) is 3.91. The lowest BCUT2D eigenvalue weighted by molar-refractivity contribution is 0.527. The van der Waals surface area contributed by atoms with Crippen LogP contribution in [0.3, 0.4) is 0 Å². The highest BCUT2D eigenvalue weighted by Gasteiger charge is 2.14. The van der Waals surface area contributed by atoms with Gasteiger partial charge in [-0.1, -0.05) is 12.8 Å². The van der Waals surface area contributed by atoms with Crippen LogP contribution in [0, 0.1) is 0 Å². The molecule has 3 rings (SSSR count). The van der Waals surface area contributed by atoms with E-state index in [1.165, 1.54) is 41.8 Å². The number of hydrogen-bond acceptors (Lipinski definition) is 4. The van der Waals surface area contributed by atoms with Gasteiger partial charge >= 0.3 is 0 Å². The molecule has 2 aromatic rings. The van der Waals surface area contributed by atoms with Gasteiger partial charge in [-0.15, -0.1) is 11.3 Å². The lowest BCUT2D eigenvalue weighted by Crippen LogP contribution is -2.24. The normalized spacial score (nSPS) is 15.5. The third-order valence-corrected chi connectivity index (χ3v) is 5.15. The van der Waals surface area contributed by atoms with Crippen molar-refractivity contribution in [3.63, 3.8) is 0 Å². The maximum absolute atomic E-state index is 4.57. The Bertz CT molecular complexity index is 568. The van der Waals surface area contributed by atoms with Crippen molar-refractivity contribution in [1.82, 2.24) is 10.3 Å². The molecule has 1 fully saturated rings. The van der Waals surface area contributed by atoms with Gasteiger partial charge in [0.25, 0.3) is 0 Å². The average Bonchev–Trinajstić information content (AvgIpc) is 3.17. The van der Waals surface area contributed by atoms with Crippen molar-refractivity contribution in [3.05, 3.63) is 35.3 Å². The minimum absolute atomic E-state index is 0.718. The number of thiazole rings is 1. The first-order valence-electron chi connectivity index (χ1n) is 7.68. The van der Waals surface area contributed by atoms with Crippen LogP contribution in [0.2, 0.25) is 0 Å². The van der Waals surface area contributed by atoms with E-state index in [4.69, 9.17) is 0 Å². The van der Waals surface area contributed by atoms with Crippen LogP contribution in [-0.2, 0) is 6.54 Å². The molecule has 0 spiro atoms. The van der Waals surface area contributed by atoms with Crippen LogP contribution in [0.15, 0.2) is 30.5 Å². The van der Waals surface area contributed by atoms with E-state index < -0.39 is 0 Å². The number of hydrogen-bond donors (Lipinski definition) is 1. The molecule has 3 nitrogen and oxygen atoms in total. The predicted molar refractivity (Wildman–Crippen MR) is 91.0 cm³/mol. The Hall–Kier alpha value is -1.39. The van der Waals surface area contributed by atoms with Gasteiger partial charge in [-0.3, -0.25) is 0 Å². The van der Waals surface area contributed by atoms with Gasteiger partial charge in [-0.25, -0.2) is 4.98 Å². The molecule has 112 valence electrons. The van der Waals surface area contributed by atoms with Crippen molar-refractivity contribution in [2.45, 2.75) is 38.3 Å². The molecule has 0 saturated heterocycles. The molecule has 1 saturated carbocycles. The van der Waals surface area contributed by atoms with E-state index in [1.54, 1.807) is 11.3 Å². The lowest BCUT2D eigenvalue weighted by atomic mass is 10.2. The van der Waals surface area contributed by atoms with Crippen molar-refractivity contribution in [2.75, 3.05) is 19.0 Å². The summed E-state index contributed by atoms with van der Waals surface area (Å²) in [5, 5.41) is 4.76. The highest BCUT2D eigenvalue weighted by molar-refractivity contribution is 7.15. The van der Waals surface area contributed by atoms with Crippen molar-refractivity contribution in [1.29, 1.82) is 0 Å². The molecule has 0 bridgehead atoms. The number of nitrogens with one attached hydrogen (secondary N) is 1. The molecular weight excluding hydrogens is 278 g/mol. The molecule has 1 heterocycles. The molecule has 1 aromatic heterocycles. The minimum atomic E-state index is 0.718. The van der Waals surface area contributed by atoms with E-state index in [9.17, 15) is 0 Å². The third kappa shape index (κ3) is 3.63. The summed E-state index contributed by atoms with van der Waals surface area (Å²) < 4.78 is 0. The largest absolute Gasteiger partial charge is 0.378 e. The average molecular weight is 301 g/mol. The van der Waals surface area contributed by atoms with E-state index in [0.717, 1.165) is 17.6 Å². The molecule has 1 aliphatic carbocycles. The van der Waals surface area contributed by atoms with Gasteiger partial charge < -0.3 is 10.2 Å². The van der Waals surface area contributed by atoms with Gasteiger partial charge in [0.15, 0.2) is 0 Å². The summed E-state index contributed by atoms with van der Waals surface area (Å²) >= 11 is 1.80. The molecule has 0 atom stereocenters. The molecular formula is C17H23N3S. The fourth-order valence-electron chi connectivity index (χ4n) is 2.80. The third-order valence-electron chi connectivity index (χ3n) is 4.10. The Morgan fingerprint density at radius 2 is 1.90 bits per heavy atom. The van der Waals surface area contributed by atoms with Crippen LogP contribution in [0.25, 0.3) is 10.6 Å². The minimum Gasteiger partial charge on any atom is -0.378 e. The first kappa shape index (κ1) is 14.5. The fraction of sp³-hybridized carbons (Fsp3) is 0.471. The van der Waals surface area contributed by atoms with Crippen LogP contribution in [0.4, 0.5) is 5.69 Å². The number of anilines is 1. The summed E-state index contributed by atoms with van der Waals surface area (Å²) in [4.78, 5) is 8.01. The van der Waals surface area contributed by atoms with Crippen LogP contribution in [-0.4, -0.2) is 25.1 Å². The summed E-state index contributed by atoms with van der Waals surface area (Å²) in [6.45, 7) is 0.956. The molecule has 1 N–H and O–H groups in total. The molecule has 4 heteroatoms. The van der Waals surface area contributed by atoms with Gasteiger partial charge in [0.1, 0.15) is 5.01 Å². The molecule has 0 aliphatic heterocycles. The Morgan fingerprint density at radius 3 is 2.57 bits per heavy atom. The van der Waals surface area contributed by atoms with Crippen LogP contribution in [0.5, 0.6) is 0 Å². The van der Waals surface area contributed by atoms with Gasteiger partial charge in [0.05, 0.1) is 0 Å². The zero-order valence-electron chi connectivity index (χ0n) is 12.8. The SMILES string of the molecule is CN(C)c1ccc(-c2ncc(CNC3CCCC3)s2)cc1. The molecule has 1 aromatic carbocycles. The number of aromatic nitrogens is 1. The van der Waals surface area contributed by atoms with Crippen LogP contribution in [0.1, 0.15) is 30.6 Å². The van der Waals surface area contributed by atoms with E-state index in [2.05, 4.69) is 53.6 Å². The quantitative estimate of drug-likeness (QED) is 0.907. The molecule has 0 radical (unpaired) electrons. The van der Waals surface area contributed by atoms with Gasteiger partial charge in [-0.05, 0) is 37.1 Å². The Morgan fingerprint density at radius 1 is 1.19 bits per heavy atom. The highest BCUT2D eigenvalue weighted by atomic mass is 32.1. The molecule has 1 aliphatic rings. The highest BCUT2D eigenvalue weighted by Crippen LogP contribution is 2.27. The van der Waals surface area contributed by atoms with Crippen molar-refractivity contribution >= 4 is 17.0 Å². The van der Waals surface area contributed by atoms with Crippen LogP contribution < -0.4 is 10.2 Å². The second kappa shape index (κ2) is 6.58. The van der Waals surface area contributed by atoms with Gasteiger partial charge in [0.2, 0.25) is 0 Å².